The normalized spacial score (nSPS) is 26.3. The summed E-state index contributed by atoms with van der Waals surface area (Å²) in [6.45, 7) is 2.76. The highest BCUT2D eigenvalue weighted by Crippen LogP contribution is 2.18. The summed E-state index contributed by atoms with van der Waals surface area (Å²) < 4.78 is 0. The van der Waals surface area contributed by atoms with Crippen LogP contribution in [0.25, 0.3) is 0 Å². The van der Waals surface area contributed by atoms with Crippen molar-refractivity contribution in [1.82, 2.24) is 15.5 Å². The number of carboxylic acids is 1. The Morgan fingerprint density at radius 2 is 2.14 bits per heavy atom. The van der Waals surface area contributed by atoms with Gasteiger partial charge in [-0.2, -0.15) is 0 Å². The molecule has 0 saturated carbocycles. The number of piperidine rings is 1. The van der Waals surface area contributed by atoms with Gasteiger partial charge in [0, 0.05) is 19.5 Å². The molecule has 2 aliphatic heterocycles. The van der Waals surface area contributed by atoms with Crippen LogP contribution in [0.1, 0.15) is 32.1 Å². The van der Waals surface area contributed by atoms with Crippen molar-refractivity contribution >= 4 is 17.8 Å². The molecule has 2 amide bonds. The summed E-state index contributed by atoms with van der Waals surface area (Å²) in [4.78, 5) is 36.4. The Balaban J connectivity index is 1.88. The number of hydrogen-bond acceptors (Lipinski definition) is 4. The molecule has 0 aliphatic carbocycles. The third-order valence-corrected chi connectivity index (χ3v) is 4.18. The number of rotatable bonds is 5. The Kier molecular flexibility index (Phi) is 5.55. The molecule has 0 bridgehead atoms. The van der Waals surface area contributed by atoms with Gasteiger partial charge in [-0.1, -0.05) is 0 Å². The molecule has 21 heavy (non-hydrogen) atoms. The fourth-order valence-electron chi connectivity index (χ4n) is 3.02. The smallest absolute Gasteiger partial charge is 0.305 e. The number of piperazine rings is 1. The first-order valence-corrected chi connectivity index (χ1v) is 7.57. The first-order chi connectivity index (χ1) is 10.1. The highest BCUT2D eigenvalue weighted by Gasteiger charge is 2.34. The van der Waals surface area contributed by atoms with Crippen LogP contribution in [0.4, 0.5) is 0 Å². The fourth-order valence-corrected chi connectivity index (χ4v) is 3.02. The largest absolute Gasteiger partial charge is 0.481 e. The summed E-state index contributed by atoms with van der Waals surface area (Å²) >= 11 is 0. The molecule has 0 aromatic carbocycles. The zero-order chi connectivity index (χ0) is 15.2. The van der Waals surface area contributed by atoms with E-state index < -0.39 is 12.0 Å². The van der Waals surface area contributed by atoms with E-state index in [0.717, 1.165) is 32.4 Å². The minimum atomic E-state index is -1.06. The summed E-state index contributed by atoms with van der Waals surface area (Å²) in [7, 11) is 0. The van der Waals surface area contributed by atoms with E-state index in [4.69, 9.17) is 5.11 Å². The van der Waals surface area contributed by atoms with Crippen molar-refractivity contribution in [3.63, 3.8) is 0 Å². The lowest BCUT2D eigenvalue weighted by Crippen LogP contribution is -2.57. The molecule has 2 rings (SSSR count). The number of nitrogens with one attached hydrogen (secondary N) is 2. The zero-order valence-corrected chi connectivity index (χ0v) is 12.1. The molecule has 2 aliphatic rings. The summed E-state index contributed by atoms with van der Waals surface area (Å²) in [6.07, 6.45) is 3.11. The van der Waals surface area contributed by atoms with E-state index >= 15 is 0 Å². The van der Waals surface area contributed by atoms with Crippen LogP contribution in [0.5, 0.6) is 0 Å². The highest BCUT2D eigenvalue weighted by molar-refractivity contribution is 5.91. The van der Waals surface area contributed by atoms with Crippen LogP contribution in [0.15, 0.2) is 0 Å². The minimum absolute atomic E-state index is 0.110. The Hall–Kier alpha value is -1.63. The molecule has 0 aromatic heterocycles. The van der Waals surface area contributed by atoms with Crippen LogP contribution >= 0.6 is 0 Å². The molecule has 0 spiro atoms. The molecule has 2 unspecified atom stereocenters. The van der Waals surface area contributed by atoms with E-state index in [1.54, 1.807) is 0 Å². The van der Waals surface area contributed by atoms with Gasteiger partial charge in [-0.05, 0) is 38.3 Å². The molecule has 2 fully saturated rings. The maximum absolute atomic E-state index is 12.3. The van der Waals surface area contributed by atoms with Gasteiger partial charge in [0.25, 0.3) is 0 Å². The molecular formula is C14H23N3O4. The molecule has 3 N–H and O–H groups in total. The van der Waals surface area contributed by atoms with Crippen LogP contribution in [0.3, 0.4) is 0 Å². The predicted octanol–water partition coefficient (Wildman–Crippen LogP) is -0.432. The van der Waals surface area contributed by atoms with Gasteiger partial charge < -0.3 is 20.6 Å². The predicted molar refractivity (Wildman–Crippen MR) is 75.6 cm³/mol. The summed E-state index contributed by atoms with van der Waals surface area (Å²) in [5, 5.41) is 14.8. The van der Waals surface area contributed by atoms with Crippen LogP contribution in [-0.2, 0) is 14.4 Å². The maximum atomic E-state index is 12.3. The average molecular weight is 297 g/mol. The van der Waals surface area contributed by atoms with E-state index in [1.807, 2.05) is 0 Å². The van der Waals surface area contributed by atoms with Crippen molar-refractivity contribution in [2.75, 3.05) is 26.2 Å². The summed E-state index contributed by atoms with van der Waals surface area (Å²) in [5.41, 5.74) is 0. The maximum Gasteiger partial charge on any atom is 0.305 e. The molecule has 7 heteroatoms. The molecule has 2 heterocycles. The lowest BCUT2D eigenvalue weighted by atomic mass is 9.94. The number of aliphatic carboxylic acids is 1. The Morgan fingerprint density at radius 1 is 1.33 bits per heavy atom. The molecule has 2 saturated heterocycles. The average Bonchev–Trinajstić information content (AvgIpc) is 2.47. The Bertz CT molecular complexity index is 407. The number of hydrogen-bond donors (Lipinski definition) is 3. The number of nitrogens with zero attached hydrogens (tertiary/aromatic N) is 1. The molecular weight excluding hydrogens is 274 g/mol. The number of carboxylic acid groups (broad SMARTS) is 1. The van der Waals surface area contributed by atoms with Crippen LogP contribution in [0, 0.1) is 5.92 Å². The van der Waals surface area contributed by atoms with E-state index in [9.17, 15) is 14.4 Å². The van der Waals surface area contributed by atoms with Crippen LogP contribution in [0.2, 0.25) is 0 Å². The quantitative estimate of drug-likeness (QED) is 0.639. The number of amides is 2. The van der Waals surface area contributed by atoms with Crippen molar-refractivity contribution in [2.24, 2.45) is 5.92 Å². The van der Waals surface area contributed by atoms with Crippen LogP contribution < -0.4 is 10.6 Å². The monoisotopic (exact) mass is 297 g/mol. The SMILES string of the molecule is O=C(O)CC1C(=O)NCCN1C(=O)CCC1CCCNC1. The van der Waals surface area contributed by atoms with Gasteiger partial charge in [0.1, 0.15) is 6.04 Å². The number of carbonyl (C=O) groups is 3. The molecule has 2 atom stereocenters. The minimum Gasteiger partial charge on any atom is -0.481 e. The molecule has 0 aromatic rings. The number of carbonyl (C=O) groups excluding carboxylic acids is 2. The van der Waals surface area contributed by atoms with Gasteiger partial charge in [0.2, 0.25) is 11.8 Å². The zero-order valence-electron chi connectivity index (χ0n) is 12.1. The standard InChI is InChI=1S/C14H23N3O4/c18-12(4-3-10-2-1-5-15-9-10)17-7-6-16-14(21)11(17)8-13(19)20/h10-11,15H,1-9H2,(H,16,21)(H,19,20). The van der Waals surface area contributed by atoms with Crippen molar-refractivity contribution < 1.29 is 19.5 Å². The van der Waals surface area contributed by atoms with Gasteiger partial charge >= 0.3 is 5.97 Å². The highest BCUT2D eigenvalue weighted by atomic mass is 16.4. The van der Waals surface area contributed by atoms with Crippen molar-refractivity contribution in [2.45, 2.75) is 38.1 Å². The lowest BCUT2D eigenvalue weighted by Gasteiger charge is -2.34. The van der Waals surface area contributed by atoms with Crippen molar-refractivity contribution in [3.8, 4) is 0 Å². The second kappa shape index (κ2) is 7.40. The van der Waals surface area contributed by atoms with Gasteiger partial charge in [-0.15, -0.1) is 0 Å². The Morgan fingerprint density at radius 3 is 2.81 bits per heavy atom. The fraction of sp³-hybridized carbons (Fsp3) is 0.786. The van der Waals surface area contributed by atoms with Crippen molar-refractivity contribution in [3.05, 3.63) is 0 Å². The van der Waals surface area contributed by atoms with Gasteiger partial charge in [-0.3, -0.25) is 14.4 Å². The summed E-state index contributed by atoms with van der Waals surface area (Å²) in [6, 6.07) is -0.867. The van der Waals surface area contributed by atoms with E-state index in [-0.39, 0.29) is 18.2 Å². The Labute approximate surface area is 124 Å². The van der Waals surface area contributed by atoms with Crippen LogP contribution in [-0.4, -0.2) is 60.0 Å². The topological polar surface area (TPSA) is 98.7 Å². The second-order valence-electron chi connectivity index (χ2n) is 5.74. The van der Waals surface area contributed by atoms with E-state index in [0.29, 0.717) is 25.4 Å². The molecule has 0 radical (unpaired) electrons. The molecule has 118 valence electrons. The van der Waals surface area contributed by atoms with Gasteiger partial charge in [0.05, 0.1) is 6.42 Å². The van der Waals surface area contributed by atoms with Crippen molar-refractivity contribution in [1.29, 1.82) is 0 Å². The third-order valence-electron chi connectivity index (χ3n) is 4.18. The van der Waals surface area contributed by atoms with E-state index in [2.05, 4.69) is 10.6 Å². The van der Waals surface area contributed by atoms with E-state index in [1.165, 1.54) is 4.90 Å². The van der Waals surface area contributed by atoms with Gasteiger partial charge in [0.15, 0.2) is 0 Å². The third kappa shape index (κ3) is 4.42. The molecule has 7 nitrogen and oxygen atoms in total. The second-order valence-corrected chi connectivity index (χ2v) is 5.74. The lowest BCUT2D eigenvalue weighted by molar-refractivity contribution is -0.148. The first kappa shape index (κ1) is 15.8. The first-order valence-electron chi connectivity index (χ1n) is 7.57. The van der Waals surface area contributed by atoms with Gasteiger partial charge in [-0.25, -0.2) is 0 Å². The summed E-state index contributed by atoms with van der Waals surface area (Å²) in [5.74, 6) is -1.04.